The van der Waals surface area contributed by atoms with Crippen LogP contribution in [0.2, 0.25) is 0 Å². The SMILES string of the molecule is CC(=O)OC(C)=O.[NaH]. The predicted octanol–water partition coefficient (Wildman–Crippen LogP) is -0.552. The van der Waals surface area contributed by atoms with Gasteiger partial charge in [-0.3, -0.25) is 9.59 Å². The Hall–Kier alpha value is 0.140. The molecule has 4 heteroatoms. The van der Waals surface area contributed by atoms with Gasteiger partial charge in [0.25, 0.3) is 0 Å². The molecule has 0 saturated carbocycles. The predicted molar refractivity (Wildman–Crippen MR) is 29.6 cm³/mol. The van der Waals surface area contributed by atoms with Crippen molar-refractivity contribution in [2.75, 3.05) is 0 Å². The molecule has 0 aliphatic rings. The molecule has 0 saturated heterocycles. The summed E-state index contributed by atoms with van der Waals surface area (Å²) < 4.78 is 3.97. The number of esters is 2. The van der Waals surface area contributed by atoms with Crippen LogP contribution in [0.5, 0.6) is 0 Å². The van der Waals surface area contributed by atoms with Gasteiger partial charge in [-0.05, 0) is 0 Å². The van der Waals surface area contributed by atoms with Crippen LogP contribution in [0.1, 0.15) is 13.8 Å². The summed E-state index contributed by atoms with van der Waals surface area (Å²) in [5.74, 6) is -1.12. The third-order valence-corrected chi connectivity index (χ3v) is 0.287. The molecule has 0 heterocycles. The Kier molecular flexibility index (Phi) is 7.26. The third-order valence-electron chi connectivity index (χ3n) is 0.287. The van der Waals surface area contributed by atoms with Crippen molar-refractivity contribution >= 4 is 41.5 Å². The molecule has 0 N–H and O–H groups in total. The maximum absolute atomic E-state index is 9.81. The van der Waals surface area contributed by atoms with Crippen molar-refractivity contribution in [3.63, 3.8) is 0 Å². The second kappa shape index (κ2) is 5.28. The normalized spacial score (nSPS) is 6.75. The first-order valence-electron chi connectivity index (χ1n) is 1.82. The van der Waals surface area contributed by atoms with Gasteiger partial charge in [0, 0.05) is 13.8 Å². The van der Waals surface area contributed by atoms with Crippen molar-refractivity contribution in [1.82, 2.24) is 0 Å². The average Bonchev–Trinajstić information content (AvgIpc) is 1.27. The Bertz CT molecular complexity index is 87.5. The van der Waals surface area contributed by atoms with Crippen LogP contribution in [-0.2, 0) is 14.3 Å². The van der Waals surface area contributed by atoms with Crippen LogP contribution in [0.4, 0.5) is 0 Å². The molecule has 0 unspecified atom stereocenters. The van der Waals surface area contributed by atoms with E-state index >= 15 is 0 Å². The van der Waals surface area contributed by atoms with Gasteiger partial charge in [-0.15, -0.1) is 0 Å². The third kappa shape index (κ3) is 9.46. The summed E-state index contributed by atoms with van der Waals surface area (Å²) in [6, 6.07) is 0. The van der Waals surface area contributed by atoms with Crippen molar-refractivity contribution in [1.29, 1.82) is 0 Å². The van der Waals surface area contributed by atoms with E-state index in [2.05, 4.69) is 4.74 Å². The number of hydrogen-bond acceptors (Lipinski definition) is 3. The van der Waals surface area contributed by atoms with Crippen LogP contribution in [0.15, 0.2) is 0 Å². The van der Waals surface area contributed by atoms with Crippen molar-refractivity contribution in [2.24, 2.45) is 0 Å². The van der Waals surface area contributed by atoms with Gasteiger partial charge in [0.15, 0.2) is 0 Å². The van der Waals surface area contributed by atoms with Gasteiger partial charge in [0.05, 0.1) is 0 Å². The summed E-state index contributed by atoms with van der Waals surface area (Å²) in [5, 5.41) is 0. The topological polar surface area (TPSA) is 43.4 Å². The fourth-order valence-corrected chi connectivity index (χ4v) is 0.202. The van der Waals surface area contributed by atoms with Crippen LogP contribution < -0.4 is 0 Å². The van der Waals surface area contributed by atoms with Crippen LogP contribution >= 0.6 is 0 Å². The first-order valence-corrected chi connectivity index (χ1v) is 1.82. The van der Waals surface area contributed by atoms with E-state index in [0.717, 1.165) is 0 Å². The molecule has 0 spiro atoms. The second-order valence-corrected chi connectivity index (χ2v) is 1.09. The van der Waals surface area contributed by atoms with Crippen LogP contribution in [0.3, 0.4) is 0 Å². The fraction of sp³-hybridized carbons (Fsp3) is 0.500. The first-order chi connectivity index (χ1) is 3.13. The number of carbonyl (C=O) groups excluding carboxylic acids is 2. The van der Waals surface area contributed by atoms with E-state index in [4.69, 9.17) is 0 Å². The van der Waals surface area contributed by atoms with Crippen LogP contribution in [0, 0.1) is 0 Å². The number of carbonyl (C=O) groups is 2. The van der Waals surface area contributed by atoms with E-state index in [1.54, 1.807) is 0 Å². The van der Waals surface area contributed by atoms with Crippen molar-refractivity contribution in [2.45, 2.75) is 13.8 Å². The first kappa shape index (κ1) is 11.0. The zero-order chi connectivity index (χ0) is 5.86. The maximum atomic E-state index is 9.81. The molecule has 0 aromatic rings. The van der Waals surface area contributed by atoms with E-state index in [0.29, 0.717) is 0 Å². The molecule has 8 heavy (non-hydrogen) atoms. The Labute approximate surface area is 69.7 Å². The zero-order valence-electron chi connectivity index (χ0n) is 4.22. The van der Waals surface area contributed by atoms with E-state index in [1.165, 1.54) is 13.8 Å². The van der Waals surface area contributed by atoms with Gasteiger partial charge in [-0.1, -0.05) is 0 Å². The number of hydrogen-bond donors (Lipinski definition) is 0. The number of ether oxygens (including phenoxy) is 1. The van der Waals surface area contributed by atoms with E-state index in [-0.39, 0.29) is 29.6 Å². The molecule has 0 radical (unpaired) electrons. The fourth-order valence-electron chi connectivity index (χ4n) is 0.202. The van der Waals surface area contributed by atoms with E-state index in [1.807, 2.05) is 0 Å². The van der Waals surface area contributed by atoms with Crippen LogP contribution in [0.25, 0.3) is 0 Å². The molecule has 0 rings (SSSR count). The van der Waals surface area contributed by atoms with Gasteiger partial charge in [0.2, 0.25) is 0 Å². The Balaban J connectivity index is 0. The monoisotopic (exact) mass is 126 g/mol. The van der Waals surface area contributed by atoms with Gasteiger partial charge in [-0.25, -0.2) is 0 Å². The standard InChI is InChI=1S/C4H6O3.Na.H/c1-3(5)7-4(2)6;;/h1-2H3;;. The summed E-state index contributed by atoms with van der Waals surface area (Å²) in [6.07, 6.45) is 0. The molecule has 42 valence electrons. The Morgan fingerprint density at radius 3 is 1.38 bits per heavy atom. The number of rotatable bonds is 0. The molecule has 3 nitrogen and oxygen atoms in total. The van der Waals surface area contributed by atoms with Gasteiger partial charge in [0.1, 0.15) is 0 Å². The minimum absolute atomic E-state index is 0. The van der Waals surface area contributed by atoms with E-state index in [9.17, 15) is 9.59 Å². The summed E-state index contributed by atoms with van der Waals surface area (Å²) in [4.78, 5) is 19.6. The molecule has 0 fully saturated rings. The molecule has 0 bridgehead atoms. The van der Waals surface area contributed by atoms with Gasteiger partial charge in [-0.2, -0.15) is 0 Å². The Morgan fingerprint density at radius 2 is 1.38 bits per heavy atom. The minimum atomic E-state index is -0.562. The molecular formula is C4H7NaO3. The second-order valence-electron chi connectivity index (χ2n) is 1.09. The summed E-state index contributed by atoms with van der Waals surface area (Å²) in [6.45, 7) is 2.36. The summed E-state index contributed by atoms with van der Waals surface area (Å²) in [7, 11) is 0. The molecule has 0 aliphatic carbocycles. The quantitative estimate of drug-likeness (QED) is 0.248. The van der Waals surface area contributed by atoms with Gasteiger partial charge >= 0.3 is 41.5 Å². The van der Waals surface area contributed by atoms with Crippen LogP contribution in [-0.4, -0.2) is 41.5 Å². The van der Waals surface area contributed by atoms with Gasteiger partial charge < -0.3 is 4.74 Å². The zero-order valence-corrected chi connectivity index (χ0v) is 4.22. The molecule has 0 aromatic heterocycles. The van der Waals surface area contributed by atoms with E-state index < -0.39 is 11.9 Å². The van der Waals surface area contributed by atoms with Crippen molar-refractivity contribution in [3.8, 4) is 0 Å². The molecule has 0 atom stereocenters. The van der Waals surface area contributed by atoms with Crippen molar-refractivity contribution in [3.05, 3.63) is 0 Å². The molecular weight excluding hydrogens is 119 g/mol. The molecule has 0 aromatic carbocycles. The van der Waals surface area contributed by atoms with Crippen molar-refractivity contribution < 1.29 is 14.3 Å². The molecule has 0 aliphatic heterocycles. The average molecular weight is 126 g/mol. The molecule has 0 amide bonds. The summed E-state index contributed by atoms with van der Waals surface area (Å²) >= 11 is 0. The summed E-state index contributed by atoms with van der Waals surface area (Å²) in [5.41, 5.74) is 0. The Morgan fingerprint density at radius 1 is 1.12 bits per heavy atom.